The quantitative estimate of drug-likeness (QED) is 0.656. The van der Waals surface area contributed by atoms with Crippen molar-refractivity contribution in [3.63, 3.8) is 0 Å². The Hall–Kier alpha value is -1.01. The van der Waals surface area contributed by atoms with Gasteiger partial charge < -0.3 is 21.3 Å². The zero-order valence-electron chi connectivity index (χ0n) is 13.1. The van der Waals surface area contributed by atoms with Gasteiger partial charge in [-0.15, -0.1) is 12.4 Å². The van der Waals surface area contributed by atoms with E-state index < -0.39 is 12.1 Å². The molecule has 0 aromatic heterocycles. The first-order valence-corrected chi connectivity index (χ1v) is 7.57. The molecule has 0 aromatic carbocycles. The zero-order valence-corrected chi connectivity index (χ0v) is 13.9. The second-order valence-corrected chi connectivity index (χ2v) is 5.55. The number of likely N-dealkylation sites (tertiary alicyclic amines) is 1. The molecule has 1 rings (SSSR count). The first-order valence-electron chi connectivity index (χ1n) is 7.57. The number of nitrogens with one attached hydrogen (secondary N) is 2. The van der Waals surface area contributed by atoms with Crippen molar-refractivity contribution >= 4 is 24.3 Å². The van der Waals surface area contributed by atoms with E-state index in [4.69, 9.17) is 5.73 Å². The molecule has 0 bridgehead atoms. The molecule has 1 heterocycles. The normalized spacial score (nSPS) is 19.5. The lowest BCUT2D eigenvalue weighted by molar-refractivity contribution is -0.135. The summed E-state index contributed by atoms with van der Waals surface area (Å²) in [5.41, 5.74) is 5.18. The van der Waals surface area contributed by atoms with E-state index in [2.05, 4.69) is 17.6 Å². The van der Waals surface area contributed by atoms with Gasteiger partial charge in [0.1, 0.15) is 6.04 Å². The molecule has 2 unspecified atom stereocenters. The van der Waals surface area contributed by atoms with Gasteiger partial charge in [0, 0.05) is 13.1 Å². The summed E-state index contributed by atoms with van der Waals surface area (Å²) >= 11 is 0. The third kappa shape index (κ3) is 7.00. The Morgan fingerprint density at radius 1 is 1.43 bits per heavy atom. The number of halogens is 1. The van der Waals surface area contributed by atoms with E-state index in [9.17, 15) is 9.59 Å². The van der Waals surface area contributed by atoms with Crippen molar-refractivity contribution in [2.75, 3.05) is 26.7 Å². The van der Waals surface area contributed by atoms with E-state index >= 15 is 0 Å². The standard InChI is InChI=1S/C14H28N4O2.ClH/c1-3-4-7-12(17-14(15)20)13(19)18-8-5-6-11(10-18)9-16-2;/h11-12,16H,3-10H2,1-2H3,(H3,15,17,20);1H. The number of nitrogens with two attached hydrogens (primary N) is 1. The fourth-order valence-electron chi connectivity index (χ4n) is 2.78. The maximum atomic E-state index is 12.5. The minimum Gasteiger partial charge on any atom is -0.352 e. The third-order valence-electron chi connectivity index (χ3n) is 3.78. The van der Waals surface area contributed by atoms with Crippen molar-refractivity contribution in [2.24, 2.45) is 11.7 Å². The highest BCUT2D eigenvalue weighted by atomic mass is 35.5. The highest BCUT2D eigenvalue weighted by Gasteiger charge is 2.28. The largest absolute Gasteiger partial charge is 0.352 e. The van der Waals surface area contributed by atoms with Crippen molar-refractivity contribution in [3.8, 4) is 0 Å². The fraction of sp³-hybridized carbons (Fsp3) is 0.857. The Labute approximate surface area is 133 Å². The Morgan fingerprint density at radius 2 is 2.14 bits per heavy atom. The molecule has 1 aliphatic rings. The maximum Gasteiger partial charge on any atom is 0.312 e. The molecule has 21 heavy (non-hydrogen) atoms. The van der Waals surface area contributed by atoms with Crippen molar-refractivity contribution in [3.05, 3.63) is 0 Å². The SMILES string of the molecule is CCCCC(NC(N)=O)C(=O)N1CCCC(CNC)C1.Cl. The lowest BCUT2D eigenvalue weighted by atomic mass is 9.97. The average Bonchev–Trinajstić information content (AvgIpc) is 2.43. The topological polar surface area (TPSA) is 87.5 Å². The third-order valence-corrected chi connectivity index (χ3v) is 3.78. The number of hydrogen-bond acceptors (Lipinski definition) is 3. The molecule has 4 N–H and O–H groups in total. The molecular weight excluding hydrogens is 292 g/mol. The van der Waals surface area contributed by atoms with E-state index in [1.807, 2.05) is 11.9 Å². The van der Waals surface area contributed by atoms with E-state index in [1.165, 1.54) is 0 Å². The summed E-state index contributed by atoms with van der Waals surface area (Å²) in [6.45, 7) is 4.53. The van der Waals surface area contributed by atoms with Gasteiger partial charge in [-0.2, -0.15) is 0 Å². The average molecular weight is 321 g/mol. The Balaban J connectivity index is 0.00000400. The van der Waals surface area contributed by atoms with Crippen LogP contribution in [0.15, 0.2) is 0 Å². The van der Waals surface area contributed by atoms with Crippen LogP contribution in [0.2, 0.25) is 0 Å². The number of carbonyl (C=O) groups is 2. The predicted octanol–water partition coefficient (Wildman–Crippen LogP) is 1.09. The van der Waals surface area contributed by atoms with Gasteiger partial charge in [0.15, 0.2) is 0 Å². The number of piperidine rings is 1. The van der Waals surface area contributed by atoms with Gasteiger partial charge in [-0.3, -0.25) is 4.79 Å². The second kappa shape index (κ2) is 10.7. The molecule has 1 aliphatic heterocycles. The lowest BCUT2D eigenvalue weighted by Gasteiger charge is -2.35. The first kappa shape index (κ1) is 20.0. The summed E-state index contributed by atoms with van der Waals surface area (Å²) in [5.74, 6) is 0.510. The van der Waals surface area contributed by atoms with Crippen LogP contribution >= 0.6 is 12.4 Å². The number of carbonyl (C=O) groups excluding carboxylic acids is 2. The van der Waals surface area contributed by atoms with Crippen LogP contribution in [-0.2, 0) is 4.79 Å². The summed E-state index contributed by atoms with van der Waals surface area (Å²) in [5, 5.41) is 5.76. The van der Waals surface area contributed by atoms with Crippen molar-refractivity contribution in [1.82, 2.24) is 15.5 Å². The number of hydrogen-bond donors (Lipinski definition) is 3. The molecule has 0 radical (unpaired) electrons. The van der Waals surface area contributed by atoms with E-state index in [0.29, 0.717) is 12.3 Å². The van der Waals surface area contributed by atoms with Crippen molar-refractivity contribution in [1.29, 1.82) is 0 Å². The molecule has 0 aromatic rings. The highest BCUT2D eigenvalue weighted by Crippen LogP contribution is 2.17. The summed E-state index contributed by atoms with van der Waals surface area (Å²) in [7, 11) is 1.93. The van der Waals surface area contributed by atoms with Gasteiger partial charge in [-0.05, 0) is 38.8 Å². The molecule has 1 saturated heterocycles. The zero-order chi connectivity index (χ0) is 15.0. The molecule has 2 atom stereocenters. The minimum atomic E-state index is -0.622. The Morgan fingerprint density at radius 3 is 2.71 bits per heavy atom. The number of unbranched alkanes of at least 4 members (excludes halogenated alkanes) is 1. The highest BCUT2D eigenvalue weighted by molar-refractivity contribution is 5.86. The minimum absolute atomic E-state index is 0. The van der Waals surface area contributed by atoms with Crippen LogP contribution < -0.4 is 16.4 Å². The van der Waals surface area contributed by atoms with Crippen LogP contribution in [0.4, 0.5) is 4.79 Å². The fourth-order valence-corrected chi connectivity index (χ4v) is 2.78. The Bertz CT molecular complexity index is 326. The van der Waals surface area contributed by atoms with Crippen molar-refractivity contribution in [2.45, 2.75) is 45.1 Å². The molecule has 6 nitrogen and oxygen atoms in total. The van der Waals surface area contributed by atoms with Crippen LogP contribution in [0.25, 0.3) is 0 Å². The van der Waals surface area contributed by atoms with Crippen LogP contribution in [0.5, 0.6) is 0 Å². The maximum absolute atomic E-state index is 12.5. The number of rotatable bonds is 7. The van der Waals surface area contributed by atoms with Crippen LogP contribution in [0.3, 0.4) is 0 Å². The summed E-state index contributed by atoms with van der Waals surface area (Å²) in [4.78, 5) is 25.5. The molecule has 1 fully saturated rings. The Kier molecular flexibility index (Phi) is 10.2. The van der Waals surface area contributed by atoms with Gasteiger partial charge in [-0.25, -0.2) is 4.79 Å². The van der Waals surface area contributed by atoms with E-state index in [-0.39, 0.29) is 18.3 Å². The molecule has 0 saturated carbocycles. The molecule has 7 heteroatoms. The number of urea groups is 1. The van der Waals surface area contributed by atoms with Crippen molar-refractivity contribution < 1.29 is 9.59 Å². The molecule has 3 amide bonds. The number of amides is 3. The van der Waals surface area contributed by atoms with Gasteiger partial charge >= 0.3 is 6.03 Å². The molecule has 0 spiro atoms. The number of primary amides is 1. The van der Waals surface area contributed by atoms with Gasteiger partial charge in [0.25, 0.3) is 0 Å². The summed E-state index contributed by atoms with van der Waals surface area (Å²) < 4.78 is 0. The van der Waals surface area contributed by atoms with Crippen LogP contribution in [0.1, 0.15) is 39.0 Å². The predicted molar refractivity (Wildman–Crippen MR) is 86.5 cm³/mol. The summed E-state index contributed by atoms with van der Waals surface area (Å²) in [6, 6.07) is -1.09. The number of nitrogens with zero attached hydrogens (tertiary/aromatic N) is 1. The molecular formula is C14H29ClN4O2. The van der Waals surface area contributed by atoms with Crippen LogP contribution in [0, 0.1) is 5.92 Å². The van der Waals surface area contributed by atoms with Gasteiger partial charge in [-0.1, -0.05) is 19.8 Å². The van der Waals surface area contributed by atoms with Crippen LogP contribution in [-0.4, -0.2) is 49.6 Å². The molecule has 124 valence electrons. The molecule has 0 aliphatic carbocycles. The van der Waals surface area contributed by atoms with E-state index in [1.54, 1.807) is 0 Å². The second-order valence-electron chi connectivity index (χ2n) is 5.55. The first-order chi connectivity index (χ1) is 9.58. The van der Waals surface area contributed by atoms with E-state index in [0.717, 1.165) is 45.3 Å². The van der Waals surface area contributed by atoms with Gasteiger partial charge in [0.2, 0.25) is 5.91 Å². The summed E-state index contributed by atoms with van der Waals surface area (Å²) in [6.07, 6.45) is 4.73. The van der Waals surface area contributed by atoms with Gasteiger partial charge in [0.05, 0.1) is 0 Å². The lowest BCUT2D eigenvalue weighted by Crippen LogP contribution is -2.53. The monoisotopic (exact) mass is 320 g/mol. The smallest absolute Gasteiger partial charge is 0.312 e.